The molecule has 0 aliphatic carbocycles. The molecule has 0 saturated heterocycles. The molecular formula is C40H23N3S. The van der Waals surface area contributed by atoms with Crippen molar-refractivity contribution < 1.29 is 16.4 Å². The quantitative estimate of drug-likeness (QED) is 0.188. The van der Waals surface area contributed by atoms with Gasteiger partial charge in [-0.1, -0.05) is 121 Å². The standard InChI is InChI=1S/C40H23N3S/c1-2-13-25(14-3-1)36-31-23-22-24-12-4-5-15-26(24)37(31)42-40(41-36)43-32-20-10-8-18-29(32)34-27-16-6-7-17-28(27)35-30-19-9-11-21-33(30)44-39(35)38(34)43/h1-23H/i6D,7D,8D,9D,10D,11D,16D,17D,18D,19D,20D,21D. The van der Waals surface area contributed by atoms with Crippen molar-refractivity contribution in [3.05, 3.63) is 139 Å². The van der Waals surface area contributed by atoms with E-state index in [2.05, 4.69) is 0 Å². The van der Waals surface area contributed by atoms with Crippen LogP contribution in [0.25, 0.3) is 91.6 Å². The zero-order chi connectivity index (χ0) is 39.2. The number of hydrogen-bond acceptors (Lipinski definition) is 3. The van der Waals surface area contributed by atoms with Gasteiger partial charge in [0.25, 0.3) is 0 Å². The van der Waals surface area contributed by atoms with Crippen molar-refractivity contribution in [2.75, 3.05) is 0 Å². The van der Waals surface area contributed by atoms with Gasteiger partial charge in [-0.25, -0.2) is 9.97 Å². The van der Waals surface area contributed by atoms with Crippen LogP contribution in [0, 0.1) is 0 Å². The minimum Gasteiger partial charge on any atom is -0.276 e. The third-order valence-corrected chi connectivity index (χ3v) is 9.28. The maximum Gasteiger partial charge on any atom is 0.235 e. The van der Waals surface area contributed by atoms with Gasteiger partial charge in [-0.05, 0) is 34.3 Å². The smallest absolute Gasteiger partial charge is 0.235 e. The van der Waals surface area contributed by atoms with Crippen LogP contribution in [-0.2, 0) is 0 Å². The number of aromatic nitrogens is 3. The molecule has 10 aromatic rings. The lowest BCUT2D eigenvalue weighted by atomic mass is 9.99. The van der Waals surface area contributed by atoms with Crippen molar-refractivity contribution >= 4 is 85.8 Å². The van der Waals surface area contributed by atoms with Crippen LogP contribution in [0.4, 0.5) is 0 Å². The molecule has 0 aliphatic rings. The Bertz CT molecular complexity index is 3450. The molecule has 0 spiro atoms. The monoisotopic (exact) mass is 589 g/mol. The van der Waals surface area contributed by atoms with Gasteiger partial charge in [-0.3, -0.25) is 4.57 Å². The third-order valence-electron chi connectivity index (χ3n) is 8.17. The fourth-order valence-electron chi connectivity index (χ4n) is 6.34. The summed E-state index contributed by atoms with van der Waals surface area (Å²) in [6, 6.07) is 15.2. The van der Waals surface area contributed by atoms with E-state index in [-0.39, 0.29) is 64.7 Å². The predicted molar refractivity (Wildman–Crippen MR) is 187 cm³/mol. The molecule has 0 unspecified atom stereocenters. The predicted octanol–water partition coefficient (Wildman–Crippen LogP) is 11.1. The van der Waals surface area contributed by atoms with E-state index >= 15 is 0 Å². The Kier molecular flexibility index (Phi) is 3.10. The van der Waals surface area contributed by atoms with E-state index in [4.69, 9.17) is 20.9 Å². The minimum atomic E-state index is -0.578. The number of rotatable bonds is 2. The van der Waals surface area contributed by atoms with Gasteiger partial charge in [0.15, 0.2) is 0 Å². The van der Waals surface area contributed by atoms with Crippen LogP contribution in [0.3, 0.4) is 0 Å². The van der Waals surface area contributed by atoms with Gasteiger partial charge in [-0.2, -0.15) is 0 Å². The van der Waals surface area contributed by atoms with Crippen LogP contribution in [0.15, 0.2) is 139 Å². The summed E-state index contributed by atoms with van der Waals surface area (Å²) in [6.07, 6.45) is 0. The average Bonchev–Trinajstić information content (AvgIpc) is 3.79. The first-order valence-electron chi connectivity index (χ1n) is 19.9. The number of benzene rings is 7. The Labute approximate surface area is 273 Å². The summed E-state index contributed by atoms with van der Waals surface area (Å²) in [6.45, 7) is 0. The highest BCUT2D eigenvalue weighted by Gasteiger charge is 2.23. The molecule has 3 heterocycles. The number of nitrogens with zero attached hydrogens (tertiary/aromatic N) is 3. The van der Waals surface area contributed by atoms with Gasteiger partial charge in [0.1, 0.15) is 0 Å². The van der Waals surface area contributed by atoms with E-state index in [0.29, 0.717) is 11.2 Å². The fourth-order valence-corrected chi connectivity index (χ4v) is 7.49. The van der Waals surface area contributed by atoms with Crippen LogP contribution in [0.2, 0.25) is 0 Å². The molecule has 0 amide bonds. The number of hydrogen-bond donors (Lipinski definition) is 0. The molecule has 44 heavy (non-hydrogen) atoms. The zero-order valence-corrected chi connectivity index (χ0v) is 23.4. The first-order chi connectivity index (χ1) is 26.8. The largest absolute Gasteiger partial charge is 0.276 e. The molecule has 3 aromatic heterocycles. The molecular weight excluding hydrogens is 555 g/mol. The highest BCUT2D eigenvalue weighted by molar-refractivity contribution is 7.27. The van der Waals surface area contributed by atoms with Crippen molar-refractivity contribution in [1.82, 2.24) is 14.5 Å². The lowest BCUT2D eigenvalue weighted by Gasteiger charge is -2.14. The van der Waals surface area contributed by atoms with E-state index < -0.39 is 66.5 Å². The van der Waals surface area contributed by atoms with Crippen LogP contribution in [-0.4, -0.2) is 14.5 Å². The molecule has 3 nitrogen and oxygen atoms in total. The highest BCUT2D eigenvalue weighted by Crippen LogP contribution is 2.47. The summed E-state index contributed by atoms with van der Waals surface area (Å²) < 4.78 is 109. The van der Waals surface area contributed by atoms with Gasteiger partial charge in [0.2, 0.25) is 5.95 Å². The summed E-state index contributed by atoms with van der Waals surface area (Å²) in [5, 5.41) is 2.57. The lowest BCUT2D eigenvalue weighted by molar-refractivity contribution is 1.02. The van der Waals surface area contributed by atoms with Gasteiger partial charge in [-0.15, -0.1) is 11.3 Å². The summed E-state index contributed by atoms with van der Waals surface area (Å²) in [7, 11) is 0. The summed E-state index contributed by atoms with van der Waals surface area (Å²) in [4.78, 5) is 10.3. The van der Waals surface area contributed by atoms with Crippen LogP contribution in [0.1, 0.15) is 16.4 Å². The van der Waals surface area contributed by atoms with Crippen LogP contribution in [0.5, 0.6) is 0 Å². The van der Waals surface area contributed by atoms with Gasteiger partial charge >= 0.3 is 0 Å². The molecule has 204 valence electrons. The normalized spacial score (nSPS) is 15.9. The molecule has 0 atom stereocenters. The van der Waals surface area contributed by atoms with Crippen LogP contribution < -0.4 is 0 Å². The molecule has 0 saturated carbocycles. The van der Waals surface area contributed by atoms with Gasteiger partial charge in [0.05, 0.1) is 43.4 Å². The van der Waals surface area contributed by atoms with E-state index in [0.717, 1.165) is 33.1 Å². The van der Waals surface area contributed by atoms with Crippen molar-refractivity contribution in [1.29, 1.82) is 0 Å². The topological polar surface area (TPSA) is 30.7 Å². The van der Waals surface area contributed by atoms with Crippen molar-refractivity contribution in [2.24, 2.45) is 0 Å². The Morgan fingerprint density at radius 1 is 0.568 bits per heavy atom. The second-order valence-corrected chi connectivity index (χ2v) is 11.5. The van der Waals surface area contributed by atoms with Crippen molar-refractivity contribution in [3.8, 4) is 17.2 Å². The van der Waals surface area contributed by atoms with Crippen molar-refractivity contribution in [3.63, 3.8) is 0 Å². The van der Waals surface area contributed by atoms with Gasteiger partial charge < -0.3 is 0 Å². The minimum absolute atomic E-state index is 0.0104. The number of para-hydroxylation sites is 1. The summed E-state index contributed by atoms with van der Waals surface area (Å²) >= 11 is 0.989. The number of thiophene rings is 1. The lowest BCUT2D eigenvalue weighted by Crippen LogP contribution is -2.04. The number of fused-ring (bicyclic) bond motifs is 13. The average molecular weight is 590 g/mol. The Hall–Kier alpha value is -5.58. The van der Waals surface area contributed by atoms with E-state index in [1.54, 1.807) is 0 Å². The molecule has 0 fully saturated rings. The zero-order valence-electron chi connectivity index (χ0n) is 34.6. The van der Waals surface area contributed by atoms with E-state index in [9.17, 15) is 5.48 Å². The van der Waals surface area contributed by atoms with Crippen molar-refractivity contribution in [2.45, 2.75) is 0 Å². The summed E-state index contributed by atoms with van der Waals surface area (Å²) in [5.74, 6) is 0.0104. The van der Waals surface area contributed by atoms with Crippen LogP contribution >= 0.6 is 11.3 Å². The molecule has 0 bridgehead atoms. The Morgan fingerprint density at radius 3 is 2.14 bits per heavy atom. The first kappa shape index (κ1) is 15.2. The van der Waals surface area contributed by atoms with Gasteiger partial charge in [0, 0.05) is 42.6 Å². The fraction of sp³-hybridized carbons (Fsp3) is 0. The maximum absolute atomic E-state index is 9.36. The highest BCUT2D eigenvalue weighted by atomic mass is 32.1. The maximum atomic E-state index is 9.36. The third kappa shape index (κ3) is 3.20. The second kappa shape index (κ2) is 8.96. The molecule has 0 radical (unpaired) electrons. The molecule has 10 rings (SSSR count). The van der Waals surface area contributed by atoms with E-state index in [1.165, 1.54) is 4.57 Å². The second-order valence-electron chi connectivity index (χ2n) is 10.5. The SMILES string of the molecule is [2H]c1c([2H])c([2H])c2c(sc3c2c2c([2H])c([2H])c([2H])c([2H])c2c2c4c([2H])c([2H])c([2H])c([2H])c4n(-c4nc(-c5ccccc5)c5ccc6ccccc6c5n4)c32)c1[2H]. The van der Waals surface area contributed by atoms with E-state index in [1.807, 2.05) is 66.7 Å². The molecule has 7 aromatic carbocycles. The molecule has 0 aliphatic heterocycles. The Balaban J connectivity index is 1.58. The molecule has 4 heteroatoms. The Morgan fingerprint density at radius 2 is 1.27 bits per heavy atom. The first-order valence-corrected chi connectivity index (χ1v) is 14.7. The summed E-state index contributed by atoms with van der Waals surface area (Å²) in [5.41, 5.74) is 1.97. The molecule has 0 N–H and O–H groups in total.